The van der Waals surface area contributed by atoms with Crippen LogP contribution in [0.1, 0.15) is 84.5 Å². The molecule has 2 bridgehead atoms. The largest absolute Gasteiger partial charge is 0.462 e. The van der Waals surface area contributed by atoms with E-state index in [1.807, 2.05) is 69.3 Å². The lowest BCUT2D eigenvalue weighted by Crippen LogP contribution is -2.47. The van der Waals surface area contributed by atoms with E-state index in [1.54, 1.807) is 24.3 Å². The number of benzene rings is 3. The Kier molecular flexibility index (Phi) is 8.75. The summed E-state index contributed by atoms with van der Waals surface area (Å²) in [5, 5.41) is 2.65. The number of imide groups is 1. The number of hydrogen-bond donors (Lipinski definition) is 1. The first-order valence-electron chi connectivity index (χ1n) is 16.0. The molecule has 46 heavy (non-hydrogen) atoms. The predicted molar refractivity (Wildman–Crippen MR) is 170 cm³/mol. The highest BCUT2D eigenvalue weighted by Crippen LogP contribution is 2.61. The first-order chi connectivity index (χ1) is 22.2. The monoisotopic (exact) mass is 622 g/mol. The molecule has 3 aromatic rings. The van der Waals surface area contributed by atoms with Gasteiger partial charge in [-0.1, -0.05) is 75.7 Å². The maximum atomic E-state index is 14.2. The number of carbonyl (C=O) groups excluding carboxylic acids is 5. The number of nitrogens with one attached hydrogen (secondary N) is 1. The molecule has 3 amide bonds. The van der Waals surface area contributed by atoms with Crippen LogP contribution >= 0.6 is 0 Å². The van der Waals surface area contributed by atoms with Crippen molar-refractivity contribution in [3.05, 3.63) is 101 Å². The van der Waals surface area contributed by atoms with E-state index in [9.17, 15) is 24.0 Å². The molecule has 7 rings (SSSR count). The minimum absolute atomic E-state index is 0.0344. The first kappa shape index (κ1) is 31.2. The predicted octanol–water partition coefficient (Wildman–Crippen LogP) is 5.43. The molecule has 9 heteroatoms. The number of unbranched alkanes of at least 4 members (excludes halogenated alkanes) is 1. The molecule has 0 radical (unpaired) electrons. The number of nitrogens with zero attached hydrogens (tertiary/aromatic N) is 1. The smallest absolute Gasteiger partial charge is 0.338 e. The molecule has 238 valence electrons. The average molecular weight is 623 g/mol. The summed E-state index contributed by atoms with van der Waals surface area (Å²) >= 11 is 0. The first-order valence-corrected chi connectivity index (χ1v) is 16.0. The fraction of sp³-hybridized carbons (Fsp3) is 0.378. The number of amides is 3. The number of anilines is 1. The zero-order chi connectivity index (χ0) is 32.5. The van der Waals surface area contributed by atoms with Gasteiger partial charge in [0, 0.05) is 17.5 Å². The van der Waals surface area contributed by atoms with Crippen LogP contribution < -0.4 is 5.32 Å². The summed E-state index contributed by atoms with van der Waals surface area (Å²) in [5.41, 5.74) is 4.98. The molecule has 3 atom stereocenters. The van der Waals surface area contributed by atoms with Gasteiger partial charge < -0.3 is 14.8 Å². The van der Waals surface area contributed by atoms with Crippen molar-refractivity contribution < 1.29 is 33.4 Å². The Morgan fingerprint density at radius 1 is 0.783 bits per heavy atom. The molecule has 1 heterocycles. The fourth-order valence-electron chi connectivity index (χ4n) is 7.27. The average Bonchev–Trinajstić information content (AvgIpc) is 3.32. The second-order valence-electron chi connectivity index (χ2n) is 12.7. The second kappa shape index (κ2) is 12.9. The molecule has 0 spiro atoms. The fourth-order valence-corrected chi connectivity index (χ4v) is 7.27. The minimum atomic E-state index is -1.15. The highest BCUT2D eigenvalue weighted by atomic mass is 16.5. The molecule has 0 unspecified atom stereocenters. The molecular weight excluding hydrogens is 584 g/mol. The number of ether oxygens (including phenoxy) is 2. The highest BCUT2D eigenvalue weighted by molar-refractivity contribution is 6.10. The van der Waals surface area contributed by atoms with Crippen molar-refractivity contribution in [3.63, 3.8) is 0 Å². The molecule has 3 aliphatic carbocycles. The lowest BCUT2D eigenvalue weighted by molar-refractivity contribution is -0.160. The van der Waals surface area contributed by atoms with Gasteiger partial charge in [0.25, 0.3) is 5.91 Å². The van der Waals surface area contributed by atoms with Gasteiger partial charge in [0.2, 0.25) is 11.8 Å². The molecule has 9 nitrogen and oxygen atoms in total. The van der Waals surface area contributed by atoms with Crippen molar-refractivity contribution in [2.24, 2.45) is 17.8 Å². The van der Waals surface area contributed by atoms with Crippen molar-refractivity contribution in [3.8, 4) is 0 Å². The van der Waals surface area contributed by atoms with E-state index in [4.69, 9.17) is 9.47 Å². The number of rotatable bonds is 11. The van der Waals surface area contributed by atoms with E-state index >= 15 is 0 Å². The van der Waals surface area contributed by atoms with Gasteiger partial charge in [-0.25, -0.2) is 9.59 Å². The van der Waals surface area contributed by atoms with Gasteiger partial charge in [-0.2, -0.15) is 0 Å². The summed E-state index contributed by atoms with van der Waals surface area (Å²) in [4.78, 5) is 68.0. The van der Waals surface area contributed by atoms with Gasteiger partial charge in [-0.3, -0.25) is 19.3 Å². The van der Waals surface area contributed by atoms with Gasteiger partial charge in [0.05, 0.1) is 24.0 Å². The molecule has 1 N–H and O–H groups in total. The van der Waals surface area contributed by atoms with Gasteiger partial charge in [0.15, 0.2) is 6.61 Å². The summed E-state index contributed by atoms with van der Waals surface area (Å²) in [7, 11) is 0. The molecule has 1 fully saturated rings. The standard InChI is InChI=1S/C37H38N2O7/c1-4-5-18-45-36(43)22-14-16-23(17-15-22)38-29(40)20-46-37(44)28(19-21(2)3)39-34(41)32-30-24-10-6-7-11-25(24)31(33(32)35(39)42)27-13-9-8-12-26(27)30/h6-17,21,28,30-33H,4-5,18-20H2,1-3H3,(H,38,40)/t28-,30?,31?,32-,33+/m0/s1. The molecule has 1 aliphatic heterocycles. The highest BCUT2D eigenvalue weighted by Gasteiger charge is 2.63. The summed E-state index contributed by atoms with van der Waals surface area (Å²) < 4.78 is 10.6. The Morgan fingerprint density at radius 3 is 1.78 bits per heavy atom. The Hall–Kier alpha value is -4.79. The molecule has 0 saturated carbocycles. The maximum Gasteiger partial charge on any atom is 0.338 e. The molecular formula is C37H38N2O7. The summed E-state index contributed by atoms with van der Waals surface area (Å²) in [6.07, 6.45) is 1.90. The number of carbonyl (C=O) groups is 5. The maximum absolute atomic E-state index is 14.2. The van der Waals surface area contributed by atoms with Gasteiger partial charge >= 0.3 is 11.9 Å². The SMILES string of the molecule is CCCCOC(=O)c1ccc(NC(=O)COC(=O)[C@H](CC(C)C)N2C(=O)[C@@H]3C4c5ccccc5C(c5ccccc54)[C@@H]3C2=O)cc1. The minimum Gasteiger partial charge on any atom is -0.462 e. The Bertz CT molecular complexity index is 1570. The van der Waals surface area contributed by atoms with E-state index in [2.05, 4.69) is 5.32 Å². The van der Waals surface area contributed by atoms with Crippen LogP contribution in [0.3, 0.4) is 0 Å². The lowest BCUT2D eigenvalue weighted by atomic mass is 9.55. The van der Waals surface area contributed by atoms with Crippen molar-refractivity contribution in [1.82, 2.24) is 4.90 Å². The molecule has 4 aliphatic rings. The van der Waals surface area contributed by atoms with E-state index in [1.165, 1.54) is 0 Å². The van der Waals surface area contributed by atoms with Crippen molar-refractivity contribution in [1.29, 1.82) is 0 Å². The summed E-state index contributed by atoms with van der Waals surface area (Å²) in [6, 6.07) is 21.0. The quantitative estimate of drug-likeness (QED) is 0.172. The topological polar surface area (TPSA) is 119 Å². The zero-order valence-electron chi connectivity index (χ0n) is 26.2. The van der Waals surface area contributed by atoms with E-state index in [0.29, 0.717) is 17.9 Å². The zero-order valence-corrected chi connectivity index (χ0v) is 26.2. The number of esters is 2. The number of hydrogen-bond acceptors (Lipinski definition) is 7. The van der Waals surface area contributed by atoms with Crippen LogP contribution in [0.15, 0.2) is 72.8 Å². The van der Waals surface area contributed by atoms with E-state index < -0.39 is 42.3 Å². The number of likely N-dealkylation sites (tertiary alicyclic amines) is 1. The van der Waals surface area contributed by atoms with Crippen molar-refractivity contribution >= 4 is 35.3 Å². The Balaban J connectivity index is 1.16. The van der Waals surface area contributed by atoms with Crippen LogP contribution in [-0.2, 0) is 28.7 Å². The molecule has 0 aromatic heterocycles. The van der Waals surface area contributed by atoms with Crippen LogP contribution in [0.2, 0.25) is 0 Å². The normalized spacial score (nSPS) is 21.3. The van der Waals surface area contributed by atoms with E-state index in [-0.39, 0.29) is 36.0 Å². The van der Waals surface area contributed by atoms with Crippen molar-refractivity contribution in [2.45, 2.75) is 57.9 Å². The van der Waals surface area contributed by atoms with Crippen LogP contribution in [0.5, 0.6) is 0 Å². The second-order valence-corrected chi connectivity index (χ2v) is 12.7. The lowest BCUT2D eigenvalue weighted by Gasteiger charge is -2.45. The Morgan fingerprint density at radius 2 is 1.30 bits per heavy atom. The van der Waals surface area contributed by atoms with E-state index in [0.717, 1.165) is 40.0 Å². The van der Waals surface area contributed by atoms with Crippen LogP contribution in [0.4, 0.5) is 5.69 Å². The van der Waals surface area contributed by atoms with Crippen LogP contribution in [0, 0.1) is 17.8 Å². The van der Waals surface area contributed by atoms with Gasteiger partial charge in [-0.15, -0.1) is 0 Å². The van der Waals surface area contributed by atoms with Crippen LogP contribution in [-0.4, -0.2) is 53.8 Å². The van der Waals surface area contributed by atoms with Crippen molar-refractivity contribution in [2.75, 3.05) is 18.5 Å². The third-order valence-corrected chi connectivity index (χ3v) is 9.24. The Labute approximate surface area is 268 Å². The summed E-state index contributed by atoms with van der Waals surface area (Å²) in [6.45, 7) is 5.56. The summed E-state index contributed by atoms with van der Waals surface area (Å²) in [5.74, 6) is -4.38. The molecule has 1 saturated heterocycles. The van der Waals surface area contributed by atoms with Gasteiger partial charge in [-0.05, 0) is 65.3 Å². The van der Waals surface area contributed by atoms with Gasteiger partial charge in [0.1, 0.15) is 6.04 Å². The van der Waals surface area contributed by atoms with Crippen LogP contribution in [0.25, 0.3) is 0 Å². The third kappa shape index (κ3) is 5.59. The third-order valence-electron chi connectivity index (χ3n) is 9.24. The molecule has 3 aromatic carbocycles.